The molecule has 1 aliphatic carbocycles. The van der Waals surface area contributed by atoms with Gasteiger partial charge in [0.2, 0.25) is 5.91 Å². The lowest BCUT2D eigenvalue weighted by molar-refractivity contribution is -0.132. The molecule has 1 saturated heterocycles. The Hall–Kier alpha value is -0.680. The highest BCUT2D eigenvalue weighted by Gasteiger charge is 2.47. The van der Waals surface area contributed by atoms with Crippen LogP contribution in [0.4, 0.5) is 0 Å². The van der Waals surface area contributed by atoms with E-state index in [4.69, 9.17) is 22.7 Å². The van der Waals surface area contributed by atoms with Crippen molar-refractivity contribution in [3.05, 3.63) is 0 Å². The number of ether oxygens (including phenoxy) is 1. The smallest absolute Gasteiger partial charge is 0.233 e. The third-order valence-electron chi connectivity index (χ3n) is 4.04. The molecule has 1 amide bonds. The largest absolute Gasteiger partial charge is 0.392 e. The van der Waals surface area contributed by atoms with Crippen molar-refractivity contribution in [3.63, 3.8) is 0 Å². The van der Waals surface area contributed by atoms with Crippen molar-refractivity contribution in [1.29, 1.82) is 0 Å². The highest BCUT2D eigenvalue weighted by molar-refractivity contribution is 7.80. The number of carbonyl (C=O) groups is 1. The van der Waals surface area contributed by atoms with Crippen molar-refractivity contribution in [1.82, 2.24) is 5.32 Å². The summed E-state index contributed by atoms with van der Waals surface area (Å²) in [5.74, 6) is -0.0204. The maximum Gasteiger partial charge on any atom is 0.233 e. The van der Waals surface area contributed by atoms with E-state index in [0.717, 1.165) is 38.7 Å². The van der Waals surface area contributed by atoms with Crippen molar-refractivity contribution in [2.24, 2.45) is 11.1 Å². The van der Waals surface area contributed by atoms with Crippen molar-refractivity contribution in [3.8, 4) is 0 Å². The van der Waals surface area contributed by atoms with Crippen LogP contribution in [0.3, 0.4) is 0 Å². The Morgan fingerprint density at radius 2 is 2.12 bits per heavy atom. The molecule has 1 atom stereocenters. The maximum atomic E-state index is 12.2. The second-order valence-electron chi connectivity index (χ2n) is 5.38. The Kier molecular flexibility index (Phi) is 3.41. The Morgan fingerprint density at radius 3 is 2.53 bits per heavy atom. The summed E-state index contributed by atoms with van der Waals surface area (Å²) in [6.45, 7) is 3.37. The minimum absolute atomic E-state index is 0.0204. The van der Waals surface area contributed by atoms with Crippen LogP contribution < -0.4 is 11.1 Å². The predicted molar refractivity (Wildman–Crippen MR) is 69.7 cm³/mol. The third-order valence-corrected chi connectivity index (χ3v) is 4.43. The lowest BCUT2D eigenvalue weighted by Gasteiger charge is -2.39. The Balaban J connectivity index is 1.90. The van der Waals surface area contributed by atoms with Gasteiger partial charge in [-0.05, 0) is 32.6 Å². The quantitative estimate of drug-likeness (QED) is 0.740. The summed E-state index contributed by atoms with van der Waals surface area (Å²) in [4.78, 5) is 12.5. The van der Waals surface area contributed by atoms with E-state index in [-0.39, 0.29) is 11.5 Å². The normalized spacial score (nSPS) is 30.6. The van der Waals surface area contributed by atoms with Crippen LogP contribution in [0.5, 0.6) is 0 Å². The predicted octanol–water partition coefficient (Wildman–Crippen LogP) is 1.13. The SMILES string of the molecule is CC1(CNC(=O)C2(C(N)=S)CCC2)CCCO1. The summed E-state index contributed by atoms with van der Waals surface area (Å²) in [5.41, 5.74) is 4.90. The number of amides is 1. The van der Waals surface area contributed by atoms with Gasteiger partial charge in [-0.3, -0.25) is 4.79 Å². The average Bonchev–Trinajstić information content (AvgIpc) is 2.60. The molecular formula is C12H20N2O2S. The standard InChI is InChI=1S/C12H20N2O2S/c1-11(4-3-7-16-11)8-14-10(15)12(9(13)17)5-2-6-12/h2-8H2,1H3,(H2,13,17)(H,14,15). The highest BCUT2D eigenvalue weighted by atomic mass is 32.1. The first-order valence-corrected chi connectivity index (χ1v) is 6.62. The fraction of sp³-hybridized carbons (Fsp3) is 0.833. The van der Waals surface area contributed by atoms with E-state index in [2.05, 4.69) is 5.32 Å². The van der Waals surface area contributed by atoms with Crippen LogP contribution in [-0.4, -0.2) is 29.6 Å². The molecule has 96 valence electrons. The molecule has 0 aromatic carbocycles. The van der Waals surface area contributed by atoms with Gasteiger partial charge in [0.25, 0.3) is 0 Å². The van der Waals surface area contributed by atoms with E-state index < -0.39 is 5.41 Å². The molecule has 2 rings (SSSR count). The molecule has 1 aliphatic heterocycles. The second kappa shape index (κ2) is 4.53. The maximum absolute atomic E-state index is 12.2. The van der Waals surface area contributed by atoms with Gasteiger partial charge in [0, 0.05) is 13.2 Å². The lowest BCUT2D eigenvalue weighted by Crippen LogP contribution is -2.55. The van der Waals surface area contributed by atoms with Gasteiger partial charge >= 0.3 is 0 Å². The first kappa shape index (κ1) is 12.8. The van der Waals surface area contributed by atoms with E-state index in [9.17, 15) is 4.79 Å². The molecule has 2 fully saturated rings. The van der Waals surface area contributed by atoms with Gasteiger partial charge in [-0.25, -0.2) is 0 Å². The number of hydrogen-bond acceptors (Lipinski definition) is 3. The molecule has 2 aliphatic rings. The monoisotopic (exact) mass is 256 g/mol. The Morgan fingerprint density at radius 1 is 1.41 bits per heavy atom. The zero-order chi connectivity index (χ0) is 12.5. The number of nitrogens with one attached hydrogen (secondary N) is 1. The summed E-state index contributed by atoms with van der Waals surface area (Å²) in [5, 5.41) is 2.96. The summed E-state index contributed by atoms with van der Waals surface area (Å²) >= 11 is 5.02. The van der Waals surface area contributed by atoms with E-state index >= 15 is 0 Å². The summed E-state index contributed by atoms with van der Waals surface area (Å²) < 4.78 is 5.64. The Bertz CT molecular complexity index is 333. The molecule has 5 heteroatoms. The number of rotatable bonds is 4. The van der Waals surface area contributed by atoms with Gasteiger partial charge in [-0.1, -0.05) is 18.6 Å². The Labute approximate surface area is 107 Å². The average molecular weight is 256 g/mol. The molecule has 1 unspecified atom stereocenters. The number of hydrogen-bond donors (Lipinski definition) is 2. The van der Waals surface area contributed by atoms with Crippen molar-refractivity contribution < 1.29 is 9.53 Å². The molecule has 0 spiro atoms. The van der Waals surface area contributed by atoms with Crippen LogP contribution in [0, 0.1) is 5.41 Å². The molecular weight excluding hydrogens is 236 g/mol. The molecule has 0 aromatic heterocycles. The summed E-state index contributed by atoms with van der Waals surface area (Å²) in [6.07, 6.45) is 4.65. The minimum Gasteiger partial charge on any atom is -0.392 e. The van der Waals surface area contributed by atoms with E-state index in [1.807, 2.05) is 6.92 Å². The van der Waals surface area contributed by atoms with Crippen LogP contribution in [0.1, 0.15) is 39.0 Å². The lowest BCUT2D eigenvalue weighted by atomic mass is 9.68. The first-order chi connectivity index (χ1) is 7.99. The van der Waals surface area contributed by atoms with Crippen molar-refractivity contribution in [2.75, 3.05) is 13.2 Å². The molecule has 0 bridgehead atoms. The molecule has 1 heterocycles. The van der Waals surface area contributed by atoms with E-state index in [1.54, 1.807) is 0 Å². The fourth-order valence-corrected chi connectivity index (χ4v) is 2.83. The molecule has 0 radical (unpaired) electrons. The topological polar surface area (TPSA) is 64.4 Å². The van der Waals surface area contributed by atoms with Crippen molar-refractivity contribution >= 4 is 23.1 Å². The molecule has 1 saturated carbocycles. The molecule has 3 N–H and O–H groups in total. The third kappa shape index (κ3) is 2.31. The van der Waals surface area contributed by atoms with Crippen LogP contribution in [0.15, 0.2) is 0 Å². The van der Waals surface area contributed by atoms with Gasteiger partial charge in [-0.15, -0.1) is 0 Å². The van der Waals surface area contributed by atoms with Gasteiger partial charge in [0.1, 0.15) is 0 Å². The zero-order valence-electron chi connectivity index (χ0n) is 10.3. The van der Waals surface area contributed by atoms with Crippen molar-refractivity contribution in [2.45, 2.75) is 44.6 Å². The van der Waals surface area contributed by atoms with Crippen LogP contribution >= 0.6 is 12.2 Å². The van der Waals surface area contributed by atoms with Gasteiger partial charge in [0.15, 0.2) is 0 Å². The number of carbonyl (C=O) groups excluding carboxylic acids is 1. The van der Waals surface area contributed by atoms with E-state index in [1.165, 1.54) is 0 Å². The van der Waals surface area contributed by atoms with Gasteiger partial charge in [0.05, 0.1) is 16.0 Å². The second-order valence-corrected chi connectivity index (χ2v) is 5.82. The van der Waals surface area contributed by atoms with Crippen LogP contribution in [0.2, 0.25) is 0 Å². The fourth-order valence-electron chi connectivity index (χ4n) is 2.53. The summed E-state index contributed by atoms with van der Waals surface area (Å²) in [6, 6.07) is 0. The van der Waals surface area contributed by atoms with Gasteiger partial charge in [-0.2, -0.15) is 0 Å². The first-order valence-electron chi connectivity index (χ1n) is 6.21. The van der Waals surface area contributed by atoms with Crippen LogP contribution in [-0.2, 0) is 9.53 Å². The highest BCUT2D eigenvalue weighted by Crippen LogP contribution is 2.41. The minimum atomic E-state index is -0.579. The summed E-state index contributed by atoms with van der Waals surface area (Å²) in [7, 11) is 0. The van der Waals surface area contributed by atoms with Crippen LogP contribution in [0.25, 0.3) is 0 Å². The van der Waals surface area contributed by atoms with Gasteiger partial charge < -0.3 is 15.8 Å². The van der Waals surface area contributed by atoms with E-state index in [0.29, 0.717) is 11.5 Å². The number of thiocarbonyl (C=S) groups is 1. The molecule has 4 nitrogen and oxygen atoms in total. The molecule has 0 aromatic rings. The molecule has 17 heavy (non-hydrogen) atoms. The zero-order valence-corrected chi connectivity index (χ0v) is 11.1. The number of nitrogens with two attached hydrogens (primary N) is 1.